The van der Waals surface area contributed by atoms with Crippen molar-refractivity contribution in [3.8, 4) is 0 Å². The van der Waals surface area contributed by atoms with Gasteiger partial charge in [0.2, 0.25) is 11.8 Å². The van der Waals surface area contributed by atoms with Gasteiger partial charge in [0.15, 0.2) is 0 Å². The van der Waals surface area contributed by atoms with Crippen LogP contribution in [0.2, 0.25) is 0 Å². The van der Waals surface area contributed by atoms with Crippen LogP contribution < -0.4 is 11.1 Å². The lowest BCUT2D eigenvalue weighted by atomic mass is 10.1. The van der Waals surface area contributed by atoms with Gasteiger partial charge in [0.1, 0.15) is 18.4 Å². The molecule has 0 radical (unpaired) electrons. The monoisotopic (exact) mass is 433 g/mol. The molecule has 0 saturated carbocycles. The highest BCUT2D eigenvalue weighted by Crippen LogP contribution is 2.15. The summed E-state index contributed by atoms with van der Waals surface area (Å²) in [5.74, 6) is -3.97. The first-order chi connectivity index (χ1) is 14.6. The lowest BCUT2D eigenvalue weighted by molar-refractivity contribution is -0.158. The topological polar surface area (TPSA) is 183 Å². The molecular weight excluding hydrogens is 410 g/mol. The molecular formula is C19H23N5O7. The first-order valence-corrected chi connectivity index (χ1v) is 9.23. The van der Waals surface area contributed by atoms with E-state index in [1.807, 2.05) is 0 Å². The summed E-state index contributed by atoms with van der Waals surface area (Å²) < 4.78 is 4.52. The molecule has 1 fully saturated rings. The zero-order valence-corrected chi connectivity index (χ0v) is 16.8. The second kappa shape index (κ2) is 10.2. The van der Waals surface area contributed by atoms with Crippen molar-refractivity contribution >= 4 is 35.5 Å². The van der Waals surface area contributed by atoms with Crippen LogP contribution in [0.25, 0.3) is 0 Å². The van der Waals surface area contributed by atoms with E-state index < -0.39 is 48.7 Å². The maximum atomic E-state index is 12.6. The number of esters is 1. The zero-order valence-electron chi connectivity index (χ0n) is 16.8. The van der Waals surface area contributed by atoms with Crippen molar-refractivity contribution < 1.29 is 33.8 Å². The van der Waals surface area contributed by atoms with Crippen LogP contribution in [-0.4, -0.2) is 89.7 Å². The molecule has 1 aromatic carbocycles. The Morgan fingerprint density at radius 1 is 1.19 bits per heavy atom. The first-order valence-electron chi connectivity index (χ1n) is 9.23. The van der Waals surface area contributed by atoms with Crippen molar-refractivity contribution in [1.82, 2.24) is 15.1 Å². The summed E-state index contributed by atoms with van der Waals surface area (Å²) in [6.07, 6.45) is -0.636. The summed E-state index contributed by atoms with van der Waals surface area (Å²) in [6, 6.07) is 4.57. The van der Waals surface area contributed by atoms with Gasteiger partial charge in [-0.2, -0.15) is 0 Å². The summed E-state index contributed by atoms with van der Waals surface area (Å²) in [6.45, 7) is -0.771. The maximum absolute atomic E-state index is 12.6. The molecule has 1 aromatic rings. The second-order valence-corrected chi connectivity index (χ2v) is 6.71. The van der Waals surface area contributed by atoms with E-state index in [0.717, 1.165) is 16.9 Å². The van der Waals surface area contributed by atoms with Crippen LogP contribution in [0.4, 0.5) is 0 Å². The maximum Gasteiger partial charge on any atom is 0.325 e. The van der Waals surface area contributed by atoms with E-state index in [0.29, 0.717) is 5.56 Å². The number of rotatable bonds is 8. The quantitative estimate of drug-likeness (QED) is 0.214. The Morgan fingerprint density at radius 2 is 1.81 bits per heavy atom. The molecule has 1 atom stereocenters. The van der Waals surface area contributed by atoms with Gasteiger partial charge in [-0.3, -0.25) is 29.4 Å². The molecule has 0 bridgehead atoms. The zero-order chi connectivity index (χ0) is 23.1. The van der Waals surface area contributed by atoms with Crippen molar-refractivity contribution in [3.63, 3.8) is 0 Å². The molecule has 0 aliphatic carbocycles. The van der Waals surface area contributed by atoms with Gasteiger partial charge in [-0.15, -0.1) is 0 Å². The number of piperazine rings is 1. The molecule has 2 rings (SSSR count). The van der Waals surface area contributed by atoms with Gasteiger partial charge in [-0.25, -0.2) is 0 Å². The van der Waals surface area contributed by atoms with Crippen LogP contribution in [0, 0.1) is 5.41 Å². The van der Waals surface area contributed by atoms with Gasteiger partial charge in [0, 0.05) is 24.2 Å². The SMILES string of the molecule is COC(=O)CN1CCN(C(=O)CNC(=O)c2ccc(C(=N)N)cc2)[C@@H](CC(=O)O)C1=O. The van der Waals surface area contributed by atoms with Crippen LogP contribution in [0.15, 0.2) is 24.3 Å². The van der Waals surface area contributed by atoms with Crippen LogP contribution >= 0.6 is 0 Å². The summed E-state index contributed by atoms with van der Waals surface area (Å²) >= 11 is 0. The Hall–Kier alpha value is -3.96. The fourth-order valence-electron chi connectivity index (χ4n) is 3.04. The van der Waals surface area contributed by atoms with E-state index in [4.69, 9.17) is 16.2 Å². The van der Waals surface area contributed by atoms with Crippen molar-refractivity contribution in [2.24, 2.45) is 5.73 Å². The highest BCUT2D eigenvalue weighted by molar-refractivity contribution is 6.00. The van der Waals surface area contributed by atoms with E-state index in [2.05, 4.69) is 10.1 Å². The average Bonchev–Trinajstić information content (AvgIpc) is 2.74. The molecule has 5 N–H and O–H groups in total. The van der Waals surface area contributed by atoms with E-state index in [-0.39, 0.29) is 31.0 Å². The Kier molecular flexibility index (Phi) is 7.66. The molecule has 0 aromatic heterocycles. The Labute approximate surface area is 177 Å². The number of nitrogens with one attached hydrogen (secondary N) is 2. The number of ether oxygens (including phenoxy) is 1. The molecule has 1 aliphatic rings. The van der Waals surface area contributed by atoms with E-state index in [9.17, 15) is 24.0 Å². The number of methoxy groups -OCH3 is 1. The molecule has 12 heteroatoms. The fourth-order valence-corrected chi connectivity index (χ4v) is 3.04. The lowest BCUT2D eigenvalue weighted by Gasteiger charge is -2.39. The molecule has 1 aliphatic heterocycles. The molecule has 12 nitrogen and oxygen atoms in total. The van der Waals surface area contributed by atoms with E-state index in [1.54, 1.807) is 0 Å². The minimum atomic E-state index is -1.30. The van der Waals surface area contributed by atoms with Gasteiger partial charge in [-0.05, 0) is 12.1 Å². The molecule has 166 valence electrons. The van der Waals surface area contributed by atoms with Crippen LogP contribution in [0.3, 0.4) is 0 Å². The number of nitrogens with zero attached hydrogens (tertiary/aromatic N) is 2. The molecule has 0 unspecified atom stereocenters. The van der Waals surface area contributed by atoms with Crippen molar-refractivity contribution in [2.75, 3.05) is 33.3 Å². The lowest BCUT2D eigenvalue weighted by Crippen LogP contribution is -2.61. The summed E-state index contributed by atoms with van der Waals surface area (Å²) in [5.41, 5.74) is 6.03. The number of aliphatic carboxylic acids is 1. The summed E-state index contributed by atoms with van der Waals surface area (Å²) in [7, 11) is 1.16. The summed E-state index contributed by atoms with van der Waals surface area (Å²) in [4.78, 5) is 62.4. The first kappa shape index (κ1) is 23.3. The molecule has 31 heavy (non-hydrogen) atoms. The molecule has 0 spiro atoms. The van der Waals surface area contributed by atoms with Gasteiger partial charge in [0.05, 0.1) is 20.1 Å². The number of carbonyl (C=O) groups is 5. The largest absolute Gasteiger partial charge is 0.481 e. The minimum Gasteiger partial charge on any atom is -0.481 e. The van der Waals surface area contributed by atoms with Crippen LogP contribution in [-0.2, 0) is 23.9 Å². The number of amides is 3. The van der Waals surface area contributed by atoms with Crippen molar-refractivity contribution in [3.05, 3.63) is 35.4 Å². The number of carbonyl (C=O) groups excluding carboxylic acids is 4. The van der Waals surface area contributed by atoms with Gasteiger partial charge >= 0.3 is 11.9 Å². The highest BCUT2D eigenvalue weighted by atomic mass is 16.5. The van der Waals surface area contributed by atoms with E-state index >= 15 is 0 Å². The third kappa shape index (κ3) is 6.01. The van der Waals surface area contributed by atoms with Crippen LogP contribution in [0.1, 0.15) is 22.3 Å². The normalized spacial score (nSPS) is 15.9. The standard InChI is InChI=1S/C19H23N5O7/c1-31-16(28)10-23-6-7-24(13(19(23)30)8-15(26)27)14(25)9-22-18(29)12-4-2-11(3-5-12)17(20)21/h2-5,13H,6-10H2,1H3,(H3,20,21)(H,22,29)(H,26,27)/t13-/m0/s1. The van der Waals surface area contributed by atoms with Gasteiger partial charge in [0.25, 0.3) is 5.91 Å². The van der Waals surface area contributed by atoms with Gasteiger partial charge in [-0.1, -0.05) is 12.1 Å². The van der Waals surface area contributed by atoms with Gasteiger partial charge < -0.3 is 30.7 Å². The number of hydrogen-bond donors (Lipinski definition) is 4. The fraction of sp³-hybridized carbons (Fsp3) is 0.368. The van der Waals surface area contributed by atoms with Crippen molar-refractivity contribution in [1.29, 1.82) is 5.41 Å². The molecule has 3 amide bonds. The number of carboxylic acids is 1. The predicted octanol–water partition coefficient (Wildman–Crippen LogP) is -1.61. The number of amidine groups is 1. The highest BCUT2D eigenvalue weighted by Gasteiger charge is 2.39. The predicted molar refractivity (Wildman–Crippen MR) is 106 cm³/mol. The number of hydrogen-bond acceptors (Lipinski definition) is 7. The van der Waals surface area contributed by atoms with Crippen LogP contribution in [0.5, 0.6) is 0 Å². The number of nitrogens with two attached hydrogens (primary N) is 1. The minimum absolute atomic E-state index is 0.00267. The number of benzene rings is 1. The Bertz CT molecular complexity index is 899. The van der Waals surface area contributed by atoms with Crippen molar-refractivity contribution in [2.45, 2.75) is 12.5 Å². The molecule has 1 saturated heterocycles. The summed E-state index contributed by atoms with van der Waals surface area (Å²) in [5, 5.41) is 18.9. The third-order valence-electron chi connectivity index (χ3n) is 4.68. The van der Waals surface area contributed by atoms with E-state index in [1.165, 1.54) is 24.3 Å². The smallest absolute Gasteiger partial charge is 0.325 e. The Morgan fingerprint density at radius 3 is 2.35 bits per heavy atom. The Balaban J connectivity index is 2.03. The number of carboxylic acid groups (broad SMARTS) is 1. The number of nitrogen functional groups attached to an aromatic ring is 1. The average molecular weight is 433 g/mol. The second-order valence-electron chi connectivity index (χ2n) is 6.71. The third-order valence-corrected chi connectivity index (χ3v) is 4.68. The molecule has 1 heterocycles.